The summed E-state index contributed by atoms with van der Waals surface area (Å²) in [5.74, 6) is 0.851. The number of rotatable bonds is 5. The van der Waals surface area contributed by atoms with Crippen LogP contribution in [0.3, 0.4) is 0 Å². The summed E-state index contributed by atoms with van der Waals surface area (Å²) in [6.45, 7) is 3.90. The molecule has 0 aliphatic carbocycles. The standard InChI is InChI=1S/C8H15N3O/c1-2-3-12-6-8-10-5-7(4-9)11-8/h5H,2-4,6,9H2,1H3,(H,10,11). The molecule has 0 saturated heterocycles. The first-order chi connectivity index (χ1) is 5.86. The van der Waals surface area contributed by atoms with Crippen LogP contribution in [0.15, 0.2) is 6.20 Å². The van der Waals surface area contributed by atoms with Gasteiger partial charge in [-0.05, 0) is 6.42 Å². The number of ether oxygens (including phenoxy) is 1. The number of nitrogens with one attached hydrogen (secondary N) is 1. The maximum Gasteiger partial charge on any atom is 0.132 e. The summed E-state index contributed by atoms with van der Waals surface area (Å²) < 4.78 is 5.29. The molecule has 0 saturated carbocycles. The maximum absolute atomic E-state index is 5.41. The third-order valence-electron chi connectivity index (χ3n) is 1.49. The van der Waals surface area contributed by atoms with Crippen LogP contribution in [0.4, 0.5) is 0 Å². The second kappa shape index (κ2) is 4.90. The zero-order valence-corrected chi connectivity index (χ0v) is 7.34. The van der Waals surface area contributed by atoms with Crippen molar-refractivity contribution >= 4 is 0 Å². The molecule has 0 bridgehead atoms. The Morgan fingerprint density at radius 3 is 3.08 bits per heavy atom. The van der Waals surface area contributed by atoms with Crippen LogP contribution in [0.5, 0.6) is 0 Å². The Morgan fingerprint density at radius 2 is 2.50 bits per heavy atom. The molecule has 0 aliphatic rings. The second-order valence-electron chi connectivity index (χ2n) is 2.61. The highest BCUT2D eigenvalue weighted by Crippen LogP contribution is 1.97. The van der Waals surface area contributed by atoms with Gasteiger partial charge in [0, 0.05) is 25.0 Å². The topological polar surface area (TPSA) is 63.9 Å². The van der Waals surface area contributed by atoms with E-state index in [9.17, 15) is 0 Å². The second-order valence-corrected chi connectivity index (χ2v) is 2.61. The lowest BCUT2D eigenvalue weighted by Gasteiger charge is -1.97. The molecule has 0 radical (unpaired) electrons. The monoisotopic (exact) mass is 169 g/mol. The van der Waals surface area contributed by atoms with Crippen LogP contribution in [0.25, 0.3) is 0 Å². The van der Waals surface area contributed by atoms with Crippen molar-refractivity contribution in [3.8, 4) is 0 Å². The van der Waals surface area contributed by atoms with Gasteiger partial charge in [0.05, 0.1) is 0 Å². The summed E-state index contributed by atoms with van der Waals surface area (Å²) >= 11 is 0. The van der Waals surface area contributed by atoms with Gasteiger partial charge in [-0.15, -0.1) is 0 Å². The molecule has 0 fully saturated rings. The highest BCUT2D eigenvalue weighted by atomic mass is 16.5. The van der Waals surface area contributed by atoms with E-state index in [2.05, 4.69) is 16.9 Å². The first-order valence-electron chi connectivity index (χ1n) is 4.17. The molecule has 1 rings (SSSR count). The molecule has 1 heterocycles. The number of nitrogens with two attached hydrogens (primary N) is 1. The SMILES string of the molecule is CCCOCc1ncc(CN)[nH]1. The zero-order valence-electron chi connectivity index (χ0n) is 7.34. The van der Waals surface area contributed by atoms with Gasteiger partial charge in [-0.3, -0.25) is 0 Å². The molecule has 0 atom stereocenters. The summed E-state index contributed by atoms with van der Waals surface area (Å²) in [4.78, 5) is 7.16. The van der Waals surface area contributed by atoms with E-state index in [1.54, 1.807) is 6.20 Å². The van der Waals surface area contributed by atoms with Crippen molar-refractivity contribution < 1.29 is 4.74 Å². The van der Waals surface area contributed by atoms with Crippen LogP contribution in [-0.4, -0.2) is 16.6 Å². The maximum atomic E-state index is 5.41. The number of aromatic nitrogens is 2. The zero-order chi connectivity index (χ0) is 8.81. The Hall–Kier alpha value is -0.870. The fraction of sp³-hybridized carbons (Fsp3) is 0.625. The molecule has 3 N–H and O–H groups in total. The Kier molecular flexibility index (Phi) is 3.76. The van der Waals surface area contributed by atoms with Gasteiger partial charge in [0.15, 0.2) is 0 Å². The third-order valence-corrected chi connectivity index (χ3v) is 1.49. The lowest BCUT2D eigenvalue weighted by molar-refractivity contribution is 0.116. The highest BCUT2D eigenvalue weighted by Gasteiger charge is 1.97. The number of hydrogen-bond acceptors (Lipinski definition) is 3. The van der Waals surface area contributed by atoms with Crippen LogP contribution in [-0.2, 0) is 17.9 Å². The lowest BCUT2D eigenvalue weighted by atomic mass is 10.5. The molecule has 68 valence electrons. The third kappa shape index (κ3) is 2.64. The summed E-state index contributed by atoms with van der Waals surface area (Å²) in [6, 6.07) is 0. The van der Waals surface area contributed by atoms with E-state index in [-0.39, 0.29) is 0 Å². The molecule has 1 aromatic rings. The van der Waals surface area contributed by atoms with Gasteiger partial charge in [0.25, 0.3) is 0 Å². The Balaban J connectivity index is 2.31. The fourth-order valence-corrected chi connectivity index (χ4v) is 0.896. The summed E-state index contributed by atoms with van der Waals surface area (Å²) in [5.41, 5.74) is 6.36. The smallest absolute Gasteiger partial charge is 0.132 e. The highest BCUT2D eigenvalue weighted by molar-refractivity contribution is 4.99. The molecule has 0 aliphatic heterocycles. The first-order valence-corrected chi connectivity index (χ1v) is 4.17. The van der Waals surface area contributed by atoms with Crippen LogP contribution in [0, 0.1) is 0 Å². The molecule has 4 nitrogen and oxygen atoms in total. The van der Waals surface area contributed by atoms with Crippen molar-refractivity contribution in [1.82, 2.24) is 9.97 Å². The molecule has 4 heteroatoms. The van der Waals surface area contributed by atoms with Gasteiger partial charge in [0.1, 0.15) is 12.4 Å². The first kappa shape index (κ1) is 9.22. The van der Waals surface area contributed by atoms with Crippen molar-refractivity contribution in [3.05, 3.63) is 17.7 Å². The predicted molar refractivity (Wildman–Crippen MR) is 46.4 cm³/mol. The van der Waals surface area contributed by atoms with Crippen LogP contribution in [0.2, 0.25) is 0 Å². The van der Waals surface area contributed by atoms with Gasteiger partial charge >= 0.3 is 0 Å². The van der Waals surface area contributed by atoms with Crippen molar-refractivity contribution in [2.75, 3.05) is 6.61 Å². The minimum Gasteiger partial charge on any atom is -0.374 e. The predicted octanol–water partition coefficient (Wildman–Crippen LogP) is 0.795. The van der Waals surface area contributed by atoms with Gasteiger partial charge in [-0.2, -0.15) is 0 Å². The fourth-order valence-electron chi connectivity index (χ4n) is 0.896. The van der Waals surface area contributed by atoms with Crippen LogP contribution < -0.4 is 5.73 Å². The van der Waals surface area contributed by atoms with E-state index in [4.69, 9.17) is 10.5 Å². The van der Waals surface area contributed by atoms with E-state index in [0.717, 1.165) is 24.5 Å². The number of H-pyrrole nitrogens is 1. The van der Waals surface area contributed by atoms with E-state index in [1.807, 2.05) is 0 Å². The molecular weight excluding hydrogens is 154 g/mol. The van der Waals surface area contributed by atoms with Crippen LogP contribution in [0.1, 0.15) is 24.9 Å². The van der Waals surface area contributed by atoms with Crippen LogP contribution >= 0.6 is 0 Å². The van der Waals surface area contributed by atoms with E-state index >= 15 is 0 Å². The largest absolute Gasteiger partial charge is 0.374 e. The average Bonchev–Trinajstić information content (AvgIpc) is 2.53. The van der Waals surface area contributed by atoms with Crippen molar-refractivity contribution in [3.63, 3.8) is 0 Å². The van der Waals surface area contributed by atoms with Gasteiger partial charge in [-0.1, -0.05) is 6.92 Å². The minimum absolute atomic E-state index is 0.501. The van der Waals surface area contributed by atoms with Crippen molar-refractivity contribution in [2.45, 2.75) is 26.5 Å². The summed E-state index contributed by atoms with van der Waals surface area (Å²) in [5, 5.41) is 0. The van der Waals surface area contributed by atoms with E-state index in [0.29, 0.717) is 13.2 Å². The van der Waals surface area contributed by atoms with Crippen molar-refractivity contribution in [2.24, 2.45) is 5.73 Å². The molecule has 0 amide bonds. The minimum atomic E-state index is 0.501. The van der Waals surface area contributed by atoms with E-state index < -0.39 is 0 Å². The molecule has 0 spiro atoms. The Bertz CT molecular complexity index is 222. The number of hydrogen-bond donors (Lipinski definition) is 2. The van der Waals surface area contributed by atoms with Crippen molar-refractivity contribution in [1.29, 1.82) is 0 Å². The Morgan fingerprint density at radius 1 is 1.67 bits per heavy atom. The summed E-state index contributed by atoms with van der Waals surface area (Å²) in [7, 11) is 0. The molecular formula is C8H15N3O. The lowest BCUT2D eigenvalue weighted by Crippen LogP contribution is -1.98. The van der Waals surface area contributed by atoms with E-state index in [1.165, 1.54) is 0 Å². The molecule has 12 heavy (non-hydrogen) atoms. The Labute approximate surface area is 72.1 Å². The van der Waals surface area contributed by atoms with Gasteiger partial charge in [0.2, 0.25) is 0 Å². The quantitative estimate of drug-likeness (QED) is 0.641. The normalized spacial score (nSPS) is 10.5. The molecule has 1 aromatic heterocycles. The molecule has 0 unspecified atom stereocenters. The number of aromatic amines is 1. The van der Waals surface area contributed by atoms with Gasteiger partial charge in [-0.25, -0.2) is 4.98 Å². The average molecular weight is 169 g/mol. The number of nitrogens with zero attached hydrogens (tertiary/aromatic N) is 1. The van der Waals surface area contributed by atoms with Gasteiger partial charge < -0.3 is 15.5 Å². The summed E-state index contributed by atoms with van der Waals surface area (Å²) in [6.07, 6.45) is 2.77. The number of imidazole rings is 1. The molecule has 0 aromatic carbocycles.